The van der Waals surface area contributed by atoms with E-state index < -0.39 is 11.0 Å². The van der Waals surface area contributed by atoms with Crippen molar-refractivity contribution in [3.8, 4) is 5.75 Å². The van der Waals surface area contributed by atoms with Crippen LogP contribution in [0.4, 0.5) is 0 Å². The summed E-state index contributed by atoms with van der Waals surface area (Å²) in [5, 5.41) is 0. The topological polar surface area (TPSA) is 60.4 Å². The highest BCUT2D eigenvalue weighted by molar-refractivity contribution is 7.67. The minimum absolute atomic E-state index is 0.0946. The summed E-state index contributed by atoms with van der Waals surface area (Å²) in [5.74, 6) is 2.51. The van der Waals surface area contributed by atoms with Crippen LogP contribution in [0.1, 0.15) is 56.1 Å². The first-order valence-corrected chi connectivity index (χ1v) is 9.57. The molecule has 0 bridgehead atoms. The number of carbonyl (C=O) groups is 1. The number of aryl methyl sites for hydroxylation is 1. The molecule has 0 N–H and O–H groups in total. The lowest BCUT2D eigenvalue weighted by Gasteiger charge is -2.48. The molecule has 0 unspecified atom stereocenters. The van der Waals surface area contributed by atoms with E-state index in [-0.39, 0.29) is 5.41 Å². The highest BCUT2D eigenvalue weighted by Crippen LogP contribution is 2.59. The second kappa shape index (κ2) is 5.33. The van der Waals surface area contributed by atoms with Crippen LogP contribution in [0, 0.1) is 17.3 Å². The van der Waals surface area contributed by atoms with E-state index in [4.69, 9.17) is 4.18 Å². The molecule has 0 aromatic heterocycles. The third-order valence-corrected chi connectivity index (χ3v) is 6.95. The van der Waals surface area contributed by atoms with Gasteiger partial charge in [-0.15, -0.1) is 0 Å². The molecule has 0 radical (unpaired) electrons. The number of thiol groups is 1. The summed E-state index contributed by atoms with van der Waals surface area (Å²) in [6.07, 6.45) is 5.89. The van der Waals surface area contributed by atoms with Gasteiger partial charge in [0, 0.05) is 11.8 Å². The molecule has 3 aliphatic carbocycles. The Bertz CT molecular complexity index is 731. The van der Waals surface area contributed by atoms with Crippen LogP contribution in [-0.2, 0) is 22.2 Å². The predicted octanol–water partition coefficient (Wildman–Crippen LogP) is 3.02. The smallest absolute Gasteiger partial charge is 0.299 e. The lowest BCUT2D eigenvalue weighted by Crippen LogP contribution is -2.42. The predicted molar refractivity (Wildman–Crippen MR) is 87.0 cm³/mol. The molecule has 124 valence electrons. The normalized spacial score (nSPS) is 35.6. The van der Waals surface area contributed by atoms with Crippen LogP contribution in [0.15, 0.2) is 18.2 Å². The zero-order valence-electron chi connectivity index (χ0n) is 13.3. The highest BCUT2D eigenvalue weighted by atomic mass is 32.2. The molecule has 2 saturated carbocycles. The Morgan fingerprint density at radius 3 is 2.78 bits per heavy atom. The SMILES string of the molecule is C[C@]12CC[C@@H]3c4ccc(O[SH](=O)=O)cc4CC[C@H]3[C@@H]1CCC2=O. The van der Waals surface area contributed by atoms with Crippen molar-refractivity contribution in [1.82, 2.24) is 0 Å². The van der Waals surface area contributed by atoms with Gasteiger partial charge in [-0.3, -0.25) is 4.79 Å². The molecule has 5 heteroatoms. The number of benzene rings is 1. The molecule has 4 rings (SSSR count). The fourth-order valence-corrected chi connectivity index (χ4v) is 5.76. The van der Waals surface area contributed by atoms with Crippen LogP contribution in [0.25, 0.3) is 0 Å². The van der Waals surface area contributed by atoms with E-state index in [0.29, 0.717) is 29.3 Å². The number of carbonyl (C=O) groups excluding carboxylic acids is 1. The van der Waals surface area contributed by atoms with Crippen molar-refractivity contribution in [2.45, 2.75) is 51.4 Å². The third kappa shape index (κ3) is 2.32. The van der Waals surface area contributed by atoms with Crippen LogP contribution in [0.3, 0.4) is 0 Å². The van der Waals surface area contributed by atoms with Gasteiger partial charge in [-0.05, 0) is 73.1 Å². The Kier molecular flexibility index (Phi) is 3.52. The number of hydrogen-bond acceptors (Lipinski definition) is 4. The molecule has 0 spiro atoms. The Labute approximate surface area is 138 Å². The Hall–Kier alpha value is -1.36. The quantitative estimate of drug-likeness (QED) is 0.845. The van der Waals surface area contributed by atoms with Gasteiger partial charge in [-0.25, -0.2) is 0 Å². The molecular formula is C18H22O4S. The van der Waals surface area contributed by atoms with Crippen molar-refractivity contribution in [2.24, 2.45) is 17.3 Å². The van der Waals surface area contributed by atoms with E-state index in [0.717, 1.165) is 38.5 Å². The molecule has 0 saturated heterocycles. The molecule has 0 aliphatic heterocycles. The number of fused-ring (bicyclic) bond motifs is 5. The molecule has 0 amide bonds. The van der Waals surface area contributed by atoms with Crippen molar-refractivity contribution in [1.29, 1.82) is 0 Å². The molecule has 1 aromatic rings. The van der Waals surface area contributed by atoms with Crippen molar-refractivity contribution in [2.75, 3.05) is 0 Å². The summed E-state index contributed by atoms with van der Waals surface area (Å²) in [6, 6.07) is 5.68. The maximum Gasteiger partial charge on any atom is 0.299 e. The molecule has 4 atom stereocenters. The van der Waals surface area contributed by atoms with Gasteiger partial charge in [-0.2, -0.15) is 8.42 Å². The van der Waals surface area contributed by atoms with E-state index in [9.17, 15) is 13.2 Å². The average Bonchev–Trinajstić information content (AvgIpc) is 2.82. The van der Waals surface area contributed by atoms with Gasteiger partial charge >= 0.3 is 0 Å². The second-order valence-corrected chi connectivity index (χ2v) is 8.14. The highest BCUT2D eigenvalue weighted by Gasteiger charge is 2.54. The maximum absolute atomic E-state index is 12.3. The van der Waals surface area contributed by atoms with Crippen molar-refractivity contribution >= 4 is 16.8 Å². The first-order chi connectivity index (χ1) is 11.0. The van der Waals surface area contributed by atoms with Crippen molar-refractivity contribution in [3.05, 3.63) is 29.3 Å². The third-order valence-electron chi connectivity index (χ3n) is 6.59. The number of Topliss-reactive ketones (excluding diaryl/α,β-unsaturated/α-hetero) is 1. The monoisotopic (exact) mass is 334 g/mol. The van der Waals surface area contributed by atoms with Crippen LogP contribution < -0.4 is 4.18 Å². The van der Waals surface area contributed by atoms with Gasteiger partial charge in [0.05, 0.1) is 0 Å². The summed E-state index contributed by atoms with van der Waals surface area (Å²) in [6.45, 7) is 2.18. The summed E-state index contributed by atoms with van der Waals surface area (Å²) < 4.78 is 26.3. The Morgan fingerprint density at radius 2 is 2.00 bits per heavy atom. The van der Waals surface area contributed by atoms with Gasteiger partial charge in [0.1, 0.15) is 11.5 Å². The molecule has 2 fully saturated rings. The van der Waals surface area contributed by atoms with E-state index in [1.807, 2.05) is 12.1 Å². The molecular weight excluding hydrogens is 312 g/mol. The van der Waals surface area contributed by atoms with Gasteiger partial charge in [-0.1, -0.05) is 13.0 Å². The maximum atomic E-state index is 12.3. The summed E-state index contributed by atoms with van der Waals surface area (Å²) in [5.41, 5.74) is 2.47. The van der Waals surface area contributed by atoms with Crippen LogP contribution in [0.2, 0.25) is 0 Å². The minimum atomic E-state index is -2.86. The largest absolute Gasteiger partial charge is 0.384 e. The first-order valence-electron chi connectivity index (χ1n) is 8.47. The number of ketones is 1. The minimum Gasteiger partial charge on any atom is -0.384 e. The standard InChI is InChI=1S/C18H22O4S/c1-18-9-8-14-13-5-3-12(22-23(20)21)10-11(13)2-4-15(14)16(18)6-7-17(18)19/h3,5,10,14-16,23H,2,4,6-9H2,1H3/t14-,15-,16+,18+/m1/s1. The van der Waals surface area contributed by atoms with E-state index >= 15 is 0 Å². The Balaban J connectivity index is 1.66. The average molecular weight is 334 g/mol. The van der Waals surface area contributed by atoms with Gasteiger partial charge in [0.15, 0.2) is 0 Å². The van der Waals surface area contributed by atoms with Crippen LogP contribution in [0.5, 0.6) is 5.75 Å². The lowest BCUT2D eigenvalue weighted by molar-refractivity contribution is -0.129. The van der Waals surface area contributed by atoms with E-state index in [1.54, 1.807) is 6.07 Å². The number of rotatable bonds is 2. The molecule has 1 aromatic carbocycles. The van der Waals surface area contributed by atoms with E-state index in [2.05, 4.69) is 6.92 Å². The van der Waals surface area contributed by atoms with Gasteiger partial charge in [0.2, 0.25) is 0 Å². The van der Waals surface area contributed by atoms with Crippen molar-refractivity contribution in [3.63, 3.8) is 0 Å². The summed E-state index contributed by atoms with van der Waals surface area (Å²) >= 11 is 0. The Morgan fingerprint density at radius 1 is 1.17 bits per heavy atom. The second-order valence-electron chi connectivity index (χ2n) is 7.51. The van der Waals surface area contributed by atoms with Crippen molar-refractivity contribution < 1.29 is 17.4 Å². The van der Waals surface area contributed by atoms with Crippen LogP contribution in [-0.4, -0.2) is 14.2 Å². The fraction of sp³-hybridized carbons (Fsp3) is 0.611. The van der Waals surface area contributed by atoms with E-state index in [1.165, 1.54) is 11.1 Å². The molecule has 4 nitrogen and oxygen atoms in total. The summed E-state index contributed by atoms with van der Waals surface area (Å²) in [7, 11) is -2.86. The lowest BCUT2D eigenvalue weighted by atomic mass is 9.55. The summed E-state index contributed by atoms with van der Waals surface area (Å²) in [4.78, 5) is 12.3. The zero-order valence-corrected chi connectivity index (χ0v) is 14.2. The molecule has 0 heterocycles. The van der Waals surface area contributed by atoms with Gasteiger partial charge < -0.3 is 4.18 Å². The number of hydrogen-bond donors (Lipinski definition) is 1. The zero-order chi connectivity index (χ0) is 16.2. The fourth-order valence-electron chi connectivity index (χ4n) is 5.47. The first kappa shape index (κ1) is 15.2. The van der Waals surface area contributed by atoms with Gasteiger partial charge in [0.25, 0.3) is 11.0 Å². The molecule has 3 aliphatic rings. The van der Waals surface area contributed by atoms with Crippen LogP contribution >= 0.6 is 0 Å². The molecule has 23 heavy (non-hydrogen) atoms.